The molecule has 1 aliphatic heterocycles. The molecule has 1 atom stereocenters. The Labute approximate surface area is 114 Å². The van der Waals surface area contributed by atoms with E-state index < -0.39 is 11.5 Å². The summed E-state index contributed by atoms with van der Waals surface area (Å²) in [6.07, 6.45) is 4.74. The molecular formula is C14H25N3O2. The lowest BCUT2D eigenvalue weighted by Crippen LogP contribution is -2.60. The van der Waals surface area contributed by atoms with Crippen LogP contribution in [0.4, 0.5) is 0 Å². The summed E-state index contributed by atoms with van der Waals surface area (Å²) in [6.45, 7) is 5.82. The Morgan fingerprint density at radius 1 is 1.11 bits per heavy atom. The van der Waals surface area contributed by atoms with E-state index in [0.29, 0.717) is 6.54 Å². The van der Waals surface area contributed by atoms with Crippen molar-refractivity contribution in [1.82, 2.24) is 9.80 Å². The van der Waals surface area contributed by atoms with E-state index in [-0.39, 0.29) is 5.92 Å². The van der Waals surface area contributed by atoms with E-state index in [1.54, 1.807) is 0 Å². The third kappa shape index (κ3) is 3.09. The van der Waals surface area contributed by atoms with Gasteiger partial charge in [-0.05, 0) is 37.5 Å². The van der Waals surface area contributed by atoms with Crippen molar-refractivity contribution in [3.05, 3.63) is 0 Å². The molecule has 0 aromatic rings. The zero-order valence-electron chi connectivity index (χ0n) is 11.6. The first-order valence-corrected chi connectivity index (χ1v) is 7.55. The monoisotopic (exact) mass is 267 g/mol. The highest BCUT2D eigenvalue weighted by Crippen LogP contribution is 2.39. The van der Waals surface area contributed by atoms with Crippen molar-refractivity contribution in [2.75, 3.05) is 39.3 Å². The number of piperazine rings is 1. The van der Waals surface area contributed by atoms with Crippen molar-refractivity contribution in [2.45, 2.75) is 31.2 Å². The second kappa shape index (κ2) is 5.04. The Bertz CT molecular complexity index is 347. The minimum atomic E-state index is -1.02. The Kier molecular flexibility index (Phi) is 3.53. The van der Waals surface area contributed by atoms with E-state index >= 15 is 0 Å². The summed E-state index contributed by atoms with van der Waals surface area (Å²) >= 11 is 0. The van der Waals surface area contributed by atoms with Gasteiger partial charge >= 0.3 is 5.97 Å². The molecule has 2 aliphatic carbocycles. The zero-order chi connectivity index (χ0) is 13.5. The first-order chi connectivity index (χ1) is 9.08. The third-order valence-electron chi connectivity index (χ3n) is 4.87. The lowest BCUT2D eigenvalue weighted by Gasteiger charge is -2.38. The molecule has 2 saturated carbocycles. The van der Waals surface area contributed by atoms with Crippen LogP contribution in [-0.2, 0) is 4.79 Å². The Hall–Kier alpha value is -0.650. The molecule has 108 valence electrons. The summed E-state index contributed by atoms with van der Waals surface area (Å²) < 4.78 is 0. The van der Waals surface area contributed by atoms with E-state index in [1.807, 2.05) is 0 Å². The van der Waals surface area contributed by atoms with E-state index in [1.165, 1.54) is 19.4 Å². The van der Waals surface area contributed by atoms with Crippen molar-refractivity contribution in [3.8, 4) is 0 Å². The molecule has 0 spiro atoms. The van der Waals surface area contributed by atoms with Gasteiger partial charge in [0.25, 0.3) is 0 Å². The number of aliphatic carboxylic acids is 1. The van der Waals surface area contributed by atoms with Crippen molar-refractivity contribution in [3.63, 3.8) is 0 Å². The average molecular weight is 267 g/mol. The molecule has 0 aromatic heterocycles. The van der Waals surface area contributed by atoms with E-state index in [9.17, 15) is 9.90 Å². The summed E-state index contributed by atoms with van der Waals surface area (Å²) in [7, 11) is 0. The van der Waals surface area contributed by atoms with Crippen LogP contribution >= 0.6 is 0 Å². The van der Waals surface area contributed by atoms with Crippen molar-refractivity contribution in [2.24, 2.45) is 17.6 Å². The van der Waals surface area contributed by atoms with Crippen molar-refractivity contribution >= 4 is 5.97 Å². The number of nitrogens with two attached hydrogens (primary N) is 1. The fourth-order valence-electron chi connectivity index (χ4n) is 3.14. The third-order valence-corrected chi connectivity index (χ3v) is 4.87. The van der Waals surface area contributed by atoms with Crippen LogP contribution in [0.5, 0.6) is 0 Å². The summed E-state index contributed by atoms with van der Waals surface area (Å²) in [5.41, 5.74) is 5.13. The maximum atomic E-state index is 11.4. The van der Waals surface area contributed by atoms with Crippen LogP contribution in [-0.4, -0.2) is 65.7 Å². The molecule has 5 heteroatoms. The molecule has 1 heterocycles. The molecule has 0 bridgehead atoms. The minimum absolute atomic E-state index is 0.189. The number of carboxylic acids is 1. The lowest BCUT2D eigenvalue weighted by atomic mass is 9.93. The Morgan fingerprint density at radius 2 is 1.68 bits per heavy atom. The molecule has 3 rings (SSSR count). The maximum Gasteiger partial charge on any atom is 0.325 e. The second-order valence-corrected chi connectivity index (χ2v) is 6.64. The fourth-order valence-corrected chi connectivity index (χ4v) is 3.14. The molecule has 19 heavy (non-hydrogen) atoms. The smallest absolute Gasteiger partial charge is 0.325 e. The van der Waals surface area contributed by atoms with Crippen LogP contribution in [0.1, 0.15) is 25.7 Å². The Morgan fingerprint density at radius 3 is 2.16 bits per heavy atom. The molecular weight excluding hydrogens is 242 g/mol. The van der Waals surface area contributed by atoms with Gasteiger partial charge in [0.05, 0.1) is 0 Å². The maximum absolute atomic E-state index is 11.4. The summed E-state index contributed by atoms with van der Waals surface area (Å²) in [4.78, 5) is 16.2. The molecule has 1 unspecified atom stereocenters. The summed E-state index contributed by atoms with van der Waals surface area (Å²) in [5.74, 6) is 0.301. The predicted molar refractivity (Wildman–Crippen MR) is 72.9 cm³/mol. The van der Waals surface area contributed by atoms with Crippen LogP contribution in [0.15, 0.2) is 0 Å². The summed E-state index contributed by atoms with van der Waals surface area (Å²) in [5, 5.41) is 9.39. The van der Waals surface area contributed by atoms with Crippen LogP contribution in [0.3, 0.4) is 0 Å². The molecule has 3 N–H and O–H groups in total. The molecule has 5 nitrogen and oxygen atoms in total. The molecule has 0 radical (unpaired) electrons. The minimum Gasteiger partial charge on any atom is -0.480 e. The van der Waals surface area contributed by atoms with E-state index in [4.69, 9.17) is 5.73 Å². The number of carbonyl (C=O) groups is 1. The van der Waals surface area contributed by atoms with Gasteiger partial charge in [-0.15, -0.1) is 0 Å². The number of nitrogens with zero attached hydrogens (tertiary/aromatic N) is 2. The largest absolute Gasteiger partial charge is 0.480 e. The highest BCUT2D eigenvalue weighted by molar-refractivity contribution is 5.79. The normalized spacial score (nSPS) is 29.1. The standard InChI is InChI=1S/C14H25N3O2/c15-14(13(18)19,12-3-4-12)10-17-7-5-16(6-8-17)9-11-1-2-11/h11-12H,1-10,15H2,(H,18,19). The van der Waals surface area contributed by atoms with Crippen LogP contribution in [0.2, 0.25) is 0 Å². The van der Waals surface area contributed by atoms with Gasteiger partial charge in [0.2, 0.25) is 0 Å². The van der Waals surface area contributed by atoms with Crippen LogP contribution < -0.4 is 5.73 Å². The van der Waals surface area contributed by atoms with Gasteiger partial charge in [0.15, 0.2) is 0 Å². The summed E-state index contributed by atoms with van der Waals surface area (Å²) in [6, 6.07) is 0. The highest BCUT2D eigenvalue weighted by Gasteiger charge is 2.49. The lowest BCUT2D eigenvalue weighted by molar-refractivity contribution is -0.145. The SMILES string of the molecule is NC(CN1CCN(CC2CC2)CC1)(C(=O)O)C1CC1. The molecule has 3 fully saturated rings. The number of carboxylic acid groups (broad SMARTS) is 1. The highest BCUT2D eigenvalue weighted by atomic mass is 16.4. The van der Waals surface area contributed by atoms with E-state index in [2.05, 4.69) is 9.80 Å². The van der Waals surface area contributed by atoms with Crippen molar-refractivity contribution in [1.29, 1.82) is 0 Å². The predicted octanol–water partition coefficient (Wildman–Crippen LogP) is 0.206. The van der Waals surface area contributed by atoms with Crippen molar-refractivity contribution < 1.29 is 9.90 Å². The second-order valence-electron chi connectivity index (χ2n) is 6.64. The van der Waals surface area contributed by atoms with Crippen LogP contribution in [0.25, 0.3) is 0 Å². The zero-order valence-corrected chi connectivity index (χ0v) is 11.6. The first kappa shape index (κ1) is 13.3. The fraction of sp³-hybridized carbons (Fsp3) is 0.929. The molecule has 0 aromatic carbocycles. The van der Waals surface area contributed by atoms with Gasteiger partial charge in [0, 0.05) is 39.3 Å². The van der Waals surface area contributed by atoms with Gasteiger partial charge in [-0.3, -0.25) is 9.69 Å². The molecule has 1 saturated heterocycles. The van der Waals surface area contributed by atoms with Gasteiger partial charge in [-0.25, -0.2) is 0 Å². The number of hydrogen-bond acceptors (Lipinski definition) is 4. The number of rotatable bonds is 6. The van der Waals surface area contributed by atoms with Gasteiger partial charge in [0.1, 0.15) is 5.54 Å². The molecule has 0 amide bonds. The van der Waals surface area contributed by atoms with Gasteiger partial charge in [-0.1, -0.05) is 0 Å². The average Bonchev–Trinajstić information content (AvgIpc) is 3.25. The quantitative estimate of drug-likeness (QED) is 0.720. The van der Waals surface area contributed by atoms with E-state index in [0.717, 1.165) is 44.9 Å². The first-order valence-electron chi connectivity index (χ1n) is 7.55. The topological polar surface area (TPSA) is 69.8 Å². The van der Waals surface area contributed by atoms with Gasteiger partial charge < -0.3 is 15.7 Å². The number of hydrogen-bond donors (Lipinski definition) is 2. The van der Waals surface area contributed by atoms with Crippen LogP contribution in [0, 0.1) is 11.8 Å². The van der Waals surface area contributed by atoms with Gasteiger partial charge in [-0.2, -0.15) is 0 Å². The Balaban J connectivity index is 1.49. The molecule has 3 aliphatic rings.